The van der Waals surface area contributed by atoms with E-state index < -0.39 is 9.84 Å². The van der Waals surface area contributed by atoms with Gasteiger partial charge in [0.1, 0.15) is 23.4 Å². The van der Waals surface area contributed by atoms with E-state index in [2.05, 4.69) is 22.0 Å². The highest BCUT2D eigenvalue weighted by Crippen LogP contribution is 2.26. The zero-order valence-corrected chi connectivity index (χ0v) is 20.2. The summed E-state index contributed by atoms with van der Waals surface area (Å²) in [7, 11) is -3.30. The molecule has 3 aromatic carbocycles. The summed E-state index contributed by atoms with van der Waals surface area (Å²) < 4.78 is 35.2. The second-order valence-electron chi connectivity index (χ2n) is 8.68. The van der Waals surface area contributed by atoms with Crippen LogP contribution in [-0.4, -0.2) is 43.8 Å². The topological polar surface area (TPSA) is 68.7 Å². The van der Waals surface area contributed by atoms with E-state index in [9.17, 15) is 8.42 Å². The quantitative estimate of drug-likeness (QED) is 0.341. The van der Waals surface area contributed by atoms with Crippen LogP contribution in [0.2, 0.25) is 0 Å². The van der Waals surface area contributed by atoms with E-state index >= 15 is 0 Å². The number of hydrogen-bond acceptors (Lipinski definition) is 6. The molecule has 0 unspecified atom stereocenters. The Hall–Kier alpha value is -3.68. The van der Waals surface area contributed by atoms with Crippen LogP contribution in [0.3, 0.4) is 0 Å². The molecule has 0 radical (unpaired) electrons. The van der Waals surface area contributed by atoms with Gasteiger partial charge >= 0.3 is 0 Å². The first-order chi connectivity index (χ1) is 16.9. The van der Waals surface area contributed by atoms with Crippen LogP contribution in [0.5, 0.6) is 17.2 Å². The number of pyridine rings is 1. The number of benzene rings is 3. The van der Waals surface area contributed by atoms with Crippen molar-refractivity contribution in [1.29, 1.82) is 0 Å². The molecule has 5 rings (SSSR count). The molecule has 1 aliphatic rings. The van der Waals surface area contributed by atoms with E-state index in [4.69, 9.17) is 9.47 Å². The average Bonchev–Trinajstić information content (AvgIpc) is 2.84. The lowest BCUT2D eigenvalue weighted by molar-refractivity contribution is 0.0145. The molecule has 4 aromatic rings. The molecule has 1 fully saturated rings. The molecule has 1 saturated heterocycles. The van der Waals surface area contributed by atoms with Crippen LogP contribution in [0, 0.1) is 0 Å². The van der Waals surface area contributed by atoms with Crippen molar-refractivity contribution in [2.45, 2.75) is 17.7 Å². The number of ether oxygens (including phenoxy) is 2. The van der Waals surface area contributed by atoms with Crippen molar-refractivity contribution in [3.8, 4) is 28.4 Å². The molecular formula is C28H26N2O4S. The van der Waals surface area contributed by atoms with Gasteiger partial charge in [0.25, 0.3) is 0 Å². The molecular weight excluding hydrogens is 460 g/mol. The first kappa shape index (κ1) is 23.1. The van der Waals surface area contributed by atoms with Crippen molar-refractivity contribution >= 4 is 9.84 Å². The Bertz CT molecular complexity index is 1380. The van der Waals surface area contributed by atoms with Gasteiger partial charge in [-0.05, 0) is 59.7 Å². The summed E-state index contributed by atoms with van der Waals surface area (Å²) in [6.45, 7) is 2.58. The van der Waals surface area contributed by atoms with Gasteiger partial charge in [-0.1, -0.05) is 42.5 Å². The molecule has 178 valence electrons. The largest absolute Gasteiger partial charge is 0.488 e. The summed E-state index contributed by atoms with van der Waals surface area (Å²) in [5, 5.41) is 0.0752. The lowest BCUT2D eigenvalue weighted by atomic mass is 10.1. The molecule has 0 amide bonds. The summed E-state index contributed by atoms with van der Waals surface area (Å²) in [4.78, 5) is 6.40. The van der Waals surface area contributed by atoms with Gasteiger partial charge in [-0.15, -0.1) is 0 Å². The lowest BCUT2D eigenvalue weighted by Crippen LogP contribution is -2.53. The third-order valence-corrected chi connectivity index (χ3v) is 6.82. The second-order valence-corrected chi connectivity index (χ2v) is 10.6. The Labute approximate surface area is 205 Å². The number of hydrogen-bond donors (Lipinski definition) is 0. The number of rotatable bonds is 8. The maximum absolute atomic E-state index is 11.6. The van der Waals surface area contributed by atoms with Gasteiger partial charge < -0.3 is 9.47 Å². The van der Waals surface area contributed by atoms with Crippen LogP contribution >= 0.6 is 0 Å². The summed E-state index contributed by atoms with van der Waals surface area (Å²) in [5.74, 6) is 2.48. The molecule has 2 heterocycles. The van der Waals surface area contributed by atoms with Crippen molar-refractivity contribution in [2.24, 2.45) is 0 Å². The number of likely N-dealkylation sites (tertiary alicyclic amines) is 1. The van der Waals surface area contributed by atoms with Crippen molar-refractivity contribution in [1.82, 2.24) is 9.88 Å². The SMILES string of the molecule is CS(=O)(=O)c1ccc(-c2ccc(OC3CN(Cc4cccc(Oc5ccccc5)c4)C3)cc2)cn1. The van der Waals surface area contributed by atoms with Gasteiger partial charge in [0.2, 0.25) is 0 Å². The third kappa shape index (κ3) is 5.88. The monoisotopic (exact) mass is 486 g/mol. The van der Waals surface area contributed by atoms with E-state index in [1.807, 2.05) is 66.7 Å². The highest BCUT2D eigenvalue weighted by Gasteiger charge is 2.28. The fourth-order valence-electron chi connectivity index (χ4n) is 4.01. The summed E-state index contributed by atoms with van der Waals surface area (Å²) in [5.41, 5.74) is 3.02. The van der Waals surface area contributed by atoms with Crippen LogP contribution in [0.1, 0.15) is 5.56 Å². The first-order valence-corrected chi connectivity index (χ1v) is 13.3. The van der Waals surface area contributed by atoms with Gasteiger partial charge in [0.15, 0.2) is 14.9 Å². The molecule has 6 nitrogen and oxygen atoms in total. The van der Waals surface area contributed by atoms with Gasteiger partial charge in [-0.25, -0.2) is 13.4 Å². The summed E-state index contributed by atoms with van der Waals surface area (Å²) in [6, 6.07) is 29.1. The van der Waals surface area contributed by atoms with Crippen LogP contribution in [0.15, 0.2) is 102 Å². The molecule has 0 aliphatic carbocycles. The molecule has 7 heteroatoms. The summed E-state index contributed by atoms with van der Waals surface area (Å²) in [6.07, 6.45) is 2.89. The number of aromatic nitrogens is 1. The van der Waals surface area contributed by atoms with E-state index in [0.29, 0.717) is 0 Å². The molecule has 0 bridgehead atoms. The highest BCUT2D eigenvalue weighted by atomic mass is 32.2. The third-order valence-electron chi connectivity index (χ3n) is 5.81. The summed E-state index contributed by atoms with van der Waals surface area (Å²) >= 11 is 0. The van der Waals surface area contributed by atoms with E-state index in [0.717, 1.165) is 54.3 Å². The fourth-order valence-corrected chi connectivity index (χ4v) is 4.56. The molecule has 1 aliphatic heterocycles. The molecule has 35 heavy (non-hydrogen) atoms. The normalized spacial score (nSPS) is 14.3. The fraction of sp³-hybridized carbons (Fsp3) is 0.179. The highest BCUT2D eigenvalue weighted by molar-refractivity contribution is 7.90. The molecule has 0 N–H and O–H groups in total. The predicted molar refractivity (Wildman–Crippen MR) is 135 cm³/mol. The maximum Gasteiger partial charge on any atom is 0.192 e. The minimum atomic E-state index is -3.30. The van der Waals surface area contributed by atoms with Crippen LogP contribution in [0.25, 0.3) is 11.1 Å². The van der Waals surface area contributed by atoms with Crippen molar-refractivity contribution in [2.75, 3.05) is 19.3 Å². The lowest BCUT2D eigenvalue weighted by Gasteiger charge is -2.39. The Morgan fingerprint density at radius 2 is 1.54 bits per heavy atom. The molecule has 0 spiro atoms. The minimum absolute atomic E-state index is 0.0752. The van der Waals surface area contributed by atoms with Crippen LogP contribution < -0.4 is 9.47 Å². The Morgan fingerprint density at radius 3 is 2.23 bits per heavy atom. The van der Waals surface area contributed by atoms with Gasteiger partial charge in [0, 0.05) is 37.7 Å². The van der Waals surface area contributed by atoms with Crippen LogP contribution in [-0.2, 0) is 16.4 Å². The van der Waals surface area contributed by atoms with E-state index in [1.54, 1.807) is 12.3 Å². The Kier molecular flexibility index (Phi) is 6.53. The zero-order valence-electron chi connectivity index (χ0n) is 19.4. The Balaban J connectivity index is 1.12. The van der Waals surface area contributed by atoms with Gasteiger partial charge in [-0.3, -0.25) is 4.90 Å². The standard InChI is InChI=1S/C28H26N2O4S/c1-35(31,32)28-15-12-23(17-29-28)22-10-13-25(14-11-22)34-27-19-30(20-27)18-21-6-5-9-26(16-21)33-24-7-3-2-4-8-24/h2-17,27H,18-20H2,1H3. The minimum Gasteiger partial charge on any atom is -0.488 e. The van der Waals surface area contributed by atoms with E-state index in [-0.39, 0.29) is 11.1 Å². The van der Waals surface area contributed by atoms with Crippen molar-refractivity contribution < 1.29 is 17.9 Å². The molecule has 1 aromatic heterocycles. The average molecular weight is 487 g/mol. The molecule has 0 atom stereocenters. The van der Waals surface area contributed by atoms with Gasteiger partial charge in [-0.2, -0.15) is 0 Å². The predicted octanol–water partition coefficient (Wildman–Crippen LogP) is 5.21. The van der Waals surface area contributed by atoms with Crippen molar-refractivity contribution in [3.63, 3.8) is 0 Å². The van der Waals surface area contributed by atoms with Crippen molar-refractivity contribution in [3.05, 3.63) is 103 Å². The Morgan fingerprint density at radius 1 is 0.829 bits per heavy atom. The van der Waals surface area contributed by atoms with Crippen LogP contribution in [0.4, 0.5) is 0 Å². The van der Waals surface area contributed by atoms with E-state index in [1.165, 1.54) is 11.6 Å². The number of sulfone groups is 1. The number of para-hydroxylation sites is 1. The zero-order chi connectivity index (χ0) is 24.3. The maximum atomic E-state index is 11.6. The number of nitrogens with zero attached hydrogens (tertiary/aromatic N) is 2. The second kappa shape index (κ2) is 9.90. The first-order valence-electron chi connectivity index (χ1n) is 11.4. The smallest absolute Gasteiger partial charge is 0.192 e. The van der Waals surface area contributed by atoms with Gasteiger partial charge in [0.05, 0.1) is 0 Å². The molecule has 0 saturated carbocycles.